The van der Waals surface area contributed by atoms with Gasteiger partial charge in [0.1, 0.15) is 0 Å². The minimum atomic E-state index is -5.61. The van der Waals surface area contributed by atoms with Crippen molar-refractivity contribution in [2.75, 3.05) is 0 Å². The first-order valence-corrected chi connectivity index (χ1v) is 3.06. The van der Waals surface area contributed by atoms with Gasteiger partial charge in [-0.3, -0.25) is 0 Å². The van der Waals surface area contributed by atoms with Crippen LogP contribution < -0.4 is 29.4 Å². The maximum atomic E-state index is 8.58. The van der Waals surface area contributed by atoms with Crippen LogP contribution in [0.3, 0.4) is 0 Å². The summed E-state index contributed by atoms with van der Waals surface area (Å²) < 4.78 is 0. The van der Waals surface area contributed by atoms with Gasteiger partial charge in [0, 0.05) is 0 Å². The van der Waals surface area contributed by atoms with E-state index in [-0.39, 0.29) is 113 Å². The Kier molecular flexibility index (Phi) is 40.5. The van der Waals surface area contributed by atoms with E-state index in [9.17, 15) is 0 Å². The molecule has 56 valence electrons. The summed E-state index contributed by atoms with van der Waals surface area (Å²) in [6.45, 7) is 0. The van der Waals surface area contributed by atoms with E-state index in [0.29, 0.717) is 0 Å². The van der Waals surface area contributed by atoms with Gasteiger partial charge in [0.05, 0.1) is 0 Å². The molecule has 0 fully saturated rings. The zero-order valence-electron chi connectivity index (χ0n) is 5.98. The van der Waals surface area contributed by atoms with Crippen molar-refractivity contribution in [1.29, 1.82) is 0 Å². The molecule has 0 rings (SSSR count). The predicted octanol–water partition coefficient (Wildman–Crippen LogP) is -8.73. The summed E-state index contributed by atoms with van der Waals surface area (Å²) in [5, 5.41) is 16.7. The zero-order valence-corrected chi connectivity index (χ0v) is 13.6. The number of carbonyl (C=O) groups excluding carboxylic acids is 1. The van der Waals surface area contributed by atoms with Crippen molar-refractivity contribution in [3.63, 3.8) is 0 Å². The van der Waals surface area contributed by atoms with Crippen LogP contribution >= 0.6 is 0 Å². The van der Waals surface area contributed by atoms with Gasteiger partial charge in [-0.25, -0.2) is 0 Å². The first-order chi connectivity index (χ1) is 3.73. The third kappa shape index (κ3) is 199. The summed E-state index contributed by atoms with van der Waals surface area (Å²) in [6.07, 6.45) is -2.33. The number of hydrogen-bond acceptors (Lipinski definition) is 7. The minimum absolute atomic E-state index is 0. The van der Waals surface area contributed by atoms with Crippen LogP contribution in [-0.4, -0.2) is 128 Å². The number of carbonyl (C=O) groups is 1. The molecular formula is CCa3O7Si. The van der Waals surface area contributed by atoms with E-state index in [2.05, 4.69) is 0 Å². The Morgan fingerprint density at radius 3 is 0.833 bits per heavy atom. The van der Waals surface area contributed by atoms with Crippen molar-refractivity contribution in [3.05, 3.63) is 0 Å². The smallest absolute Gasteiger partial charge is 0.894 e. The molecule has 0 radical (unpaired) electrons. The van der Waals surface area contributed by atoms with Crippen molar-refractivity contribution in [1.82, 2.24) is 0 Å². The second kappa shape index (κ2) is 16.5. The summed E-state index contributed by atoms with van der Waals surface area (Å²) in [6, 6.07) is 0. The standard InChI is InChI=1S/CH2O3.3Ca.O4Si/c2-1(3)4;;;;1-5(2,3)4/h(H2,2,3,4);;;;/q;3*+2;-4/p-2. The third-order valence-corrected chi connectivity index (χ3v) is 0. The quantitative estimate of drug-likeness (QED) is 0.396. The number of rotatable bonds is 0. The van der Waals surface area contributed by atoms with Crippen LogP contribution in [0.2, 0.25) is 0 Å². The van der Waals surface area contributed by atoms with Crippen LogP contribution in [0.4, 0.5) is 4.79 Å². The van der Waals surface area contributed by atoms with Gasteiger partial charge < -0.3 is 43.2 Å². The summed E-state index contributed by atoms with van der Waals surface area (Å²) >= 11 is 0. The van der Waals surface area contributed by atoms with Crippen LogP contribution in [0.5, 0.6) is 0 Å². The Labute approximate surface area is 159 Å². The van der Waals surface area contributed by atoms with E-state index in [1.807, 2.05) is 0 Å². The fourth-order valence-electron chi connectivity index (χ4n) is 0. The van der Waals surface area contributed by atoms with Crippen molar-refractivity contribution in [2.45, 2.75) is 0 Å². The van der Waals surface area contributed by atoms with Gasteiger partial charge >= 0.3 is 113 Å². The molecule has 0 aromatic heterocycles. The molecule has 0 N–H and O–H groups in total. The Morgan fingerprint density at radius 2 is 0.833 bits per heavy atom. The Balaban J connectivity index is -0.0000000221. The van der Waals surface area contributed by atoms with Gasteiger partial charge in [-0.1, -0.05) is 0 Å². The van der Waals surface area contributed by atoms with Crippen LogP contribution in [0.1, 0.15) is 0 Å². The van der Waals surface area contributed by atoms with E-state index in [0.717, 1.165) is 0 Å². The van der Waals surface area contributed by atoms with Gasteiger partial charge in [-0.05, 0) is 6.16 Å². The third-order valence-electron chi connectivity index (χ3n) is 0. The molecule has 0 saturated heterocycles. The second-order valence-corrected chi connectivity index (χ2v) is 1.75. The SMILES string of the molecule is O=C([O-])[O-].[Ca+2].[Ca+2].[Ca+2].[O-][Si]([O-])([O-])[O-]. The molecule has 0 heterocycles. The van der Waals surface area contributed by atoms with Gasteiger partial charge in [0.25, 0.3) is 0 Å². The van der Waals surface area contributed by atoms with Gasteiger partial charge in [0.15, 0.2) is 0 Å². The molecule has 0 aliphatic heterocycles. The maximum absolute atomic E-state index is 8.58. The summed E-state index contributed by atoms with van der Waals surface area (Å²) in [7, 11) is -5.61. The van der Waals surface area contributed by atoms with Crippen molar-refractivity contribution in [2.24, 2.45) is 0 Å². The first kappa shape index (κ1) is 29.4. The topological polar surface area (TPSA) is 155 Å². The average Bonchev–Trinajstić information content (AvgIpc) is 1.19. The Hall–Kier alpha value is 3.11. The Morgan fingerprint density at radius 1 is 0.833 bits per heavy atom. The van der Waals surface area contributed by atoms with Crippen LogP contribution in [-0.2, 0) is 0 Å². The molecule has 0 spiro atoms. The summed E-state index contributed by atoms with van der Waals surface area (Å²) in [5.41, 5.74) is 0. The molecule has 12 heavy (non-hydrogen) atoms. The Bertz CT molecular complexity index is 81.1. The molecule has 0 bridgehead atoms. The summed E-state index contributed by atoms with van der Waals surface area (Å²) in [5.74, 6) is 0. The fraction of sp³-hybridized carbons (Fsp3) is 0. The molecule has 0 aromatic carbocycles. The molecule has 0 aliphatic carbocycles. The van der Waals surface area contributed by atoms with Gasteiger partial charge in [-0.15, -0.1) is 0 Å². The van der Waals surface area contributed by atoms with Crippen molar-refractivity contribution >= 4 is 128 Å². The maximum Gasteiger partial charge on any atom is 2.00 e. The summed E-state index contributed by atoms with van der Waals surface area (Å²) in [4.78, 5) is 42.6. The molecule has 0 amide bonds. The molecule has 0 unspecified atom stereocenters. The largest absolute Gasteiger partial charge is 2.00 e. The van der Waals surface area contributed by atoms with Crippen LogP contribution in [0, 0.1) is 0 Å². The number of hydrogen-bond donors (Lipinski definition) is 0. The van der Waals surface area contributed by atoms with Gasteiger partial charge in [-0.2, -0.15) is 0 Å². The van der Waals surface area contributed by atoms with E-state index < -0.39 is 15.2 Å². The van der Waals surface area contributed by atoms with E-state index in [4.69, 9.17) is 34.2 Å². The molecule has 0 saturated carbocycles. The normalized spacial score (nSPS) is 7.00. The predicted molar refractivity (Wildman–Crippen MR) is 28.4 cm³/mol. The molecule has 7 nitrogen and oxygen atoms in total. The van der Waals surface area contributed by atoms with Crippen LogP contribution in [0.15, 0.2) is 0 Å². The van der Waals surface area contributed by atoms with E-state index >= 15 is 0 Å². The monoisotopic (exact) mass is 272 g/mol. The molecule has 0 aliphatic rings. The second-order valence-electron chi connectivity index (χ2n) is 0.750. The molecule has 0 atom stereocenters. The van der Waals surface area contributed by atoms with Crippen molar-refractivity contribution in [3.8, 4) is 0 Å². The van der Waals surface area contributed by atoms with E-state index in [1.54, 1.807) is 0 Å². The zero-order chi connectivity index (χ0) is 8.08. The molecular weight excluding hydrogens is 272 g/mol. The number of carboxylic acid groups (broad SMARTS) is 2. The van der Waals surface area contributed by atoms with Crippen molar-refractivity contribution < 1.29 is 34.2 Å². The fourth-order valence-corrected chi connectivity index (χ4v) is 0. The minimum Gasteiger partial charge on any atom is -0.894 e. The molecule has 0 aromatic rings. The van der Waals surface area contributed by atoms with Gasteiger partial charge in [0.2, 0.25) is 0 Å². The average molecular weight is 272 g/mol. The molecule has 11 heteroatoms. The first-order valence-electron chi connectivity index (χ1n) is 1.43. The van der Waals surface area contributed by atoms with E-state index in [1.165, 1.54) is 0 Å². The van der Waals surface area contributed by atoms with Crippen LogP contribution in [0.25, 0.3) is 0 Å².